The number of benzene rings is 1. The smallest absolute Gasteiger partial charge is 0.342 e. The van der Waals surface area contributed by atoms with Crippen molar-refractivity contribution in [3.05, 3.63) is 42.0 Å². The summed E-state index contributed by atoms with van der Waals surface area (Å²) in [6.07, 6.45) is 7.67. The van der Waals surface area contributed by atoms with Gasteiger partial charge in [-0.05, 0) is 50.3 Å². The van der Waals surface area contributed by atoms with E-state index >= 15 is 0 Å². The molecule has 0 heterocycles. The number of para-hydroxylation sites is 1. The van der Waals surface area contributed by atoms with E-state index in [0.717, 1.165) is 19.3 Å². The lowest BCUT2D eigenvalue weighted by atomic mass is 10.0. The van der Waals surface area contributed by atoms with Gasteiger partial charge in [-0.25, -0.2) is 4.79 Å². The Morgan fingerprint density at radius 2 is 2.00 bits per heavy atom. The number of hydrogen-bond donors (Lipinski definition) is 1. The molecule has 2 rings (SSSR count). The second-order valence-electron chi connectivity index (χ2n) is 5.24. The van der Waals surface area contributed by atoms with Crippen LogP contribution in [-0.4, -0.2) is 23.0 Å². The van der Waals surface area contributed by atoms with Gasteiger partial charge in [0.2, 0.25) is 0 Å². The summed E-state index contributed by atoms with van der Waals surface area (Å²) in [6.45, 7) is 0. The molecule has 1 aliphatic rings. The van der Waals surface area contributed by atoms with Gasteiger partial charge in [-0.3, -0.25) is 4.79 Å². The summed E-state index contributed by atoms with van der Waals surface area (Å²) >= 11 is 0. The fraction of sp³-hybridized carbons (Fsp3) is 0.412. The van der Waals surface area contributed by atoms with Gasteiger partial charge in [-0.2, -0.15) is 0 Å². The molecule has 1 unspecified atom stereocenters. The number of esters is 1. The lowest BCUT2D eigenvalue weighted by Gasteiger charge is -2.18. The van der Waals surface area contributed by atoms with Crippen molar-refractivity contribution < 1.29 is 19.4 Å². The van der Waals surface area contributed by atoms with Gasteiger partial charge in [0.05, 0.1) is 0 Å². The molecule has 1 N–H and O–H groups in total. The zero-order valence-corrected chi connectivity index (χ0v) is 12.0. The van der Waals surface area contributed by atoms with Crippen LogP contribution in [0.25, 0.3) is 0 Å². The number of rotatable bonds is 2. The van der Waals surface area contributed by atoms with Crippen LogP contribution in [0.5, 0.6) is 5.75 Å². The van der Waals surface area contributed by atoms with E-state index in [1.54, 1.807) is 24.3 Å². The van der Waals surface area contributed by atoms with Crippen LogP contribution in [0.2, 0.25) is 0 Å². The SMILES string of the molecule is O=C1/C=C\CCC(OC(=O)c2ccccc2O)CCCC1. The number of phenolic OH excluding ortho intramolecular Hbond substituents is 1. The van der Waals surface area contributed by atoms with Crippen molar-refractivity contribution in [2.24, 2.45) is 0 Å². The van der Waals surface area contributed by atoms with E-state index in [1.807, 2.05) is 6.08 Å². The number of carbonyl (C=O) groups excluding carboxylic acids is 2. The fourth-order valence-electron chi connectivity index (χ4n) is 2.37. The molecule has 0 bridgehead atoms. The van der Waals surface area contributed by atoms with E-state index in [2.05, 4.69) is 0 Å². The molecule has 0 saturated carbocycles. The Morgan fingerprint density at radius 3 is 2.81 bits per heavy atom. The largest absolute Gasteiger partial charge is 0.507 e. The Morgan fingerprint density at radius 1 is 1.19 bits per heavy atom. The minimum atomic E-state index is -0.491. The molecule has 0 amide bonds. The third-order valence-corrected chi connectivity index (χ3v) is 3.56. The number of hydrogen-bond acceptors (Lipinski definition) is 4. The zero-order valence-electron chi connectivity index (χ0n) is 12.0. The Balaban J connectivity index is 1.97. The van der Waals surface area contributed by atoms with Gasteiger partial charge in [-0.15, -0.1) is 0 Å². The van der Waals surface area contributed by atoms with Gasteiger partial charge in [0, 0.05) is 6.42 Å². The van der Waals surface area contributed by atoms with E-state index in [0.29, 0.717) is 19.3 Å². The summed E-state index contributed by atoms with van der Waals surface area (Å²) in [4.78, 5) is 23.5. The molecule has 4 nitrogen and oxygen atoms in total. The molecular weight excluding hydrogens is 268 g/mol. The molecular formula is C17H20O4. The van der Waals surface area contributed by atoms with E-state index < -0.39 is 5.97 Å². The molecule has 0 aromatic heterocycles. The maximum atomic E-state index is 12.1. The van der Waals surface area contributed by atoms with Crippen molar-refractivity contribution in [1.29, 1.82) is 0 Å². The summed E-state index contributed by atoms with van der Waals surface area (Å²) < 4.78 is 5.50. The Labute approximate surface area is 124 Å². The van der Waals surface area contributed by atoms with Crippen molar-refractivity contribution in [3.8, 4) is 5.75 Å². The number of carbonyl (C=O) groups is 2. The number of allylic oxidation sites excluding steroid dienone is 2. The van der Waals surface area contributed by atoms with Gasteiger partial charge in [0.25, 0.3) is 0 Å². The van der Waals surface area contributed by atoms with Crippen molar-refractivity contribution in [3.63, 3.8) is 0 Å². The summed E-state index contributed by atoms with van der Waals surface area (Å²) in [5, 5.41) is 9.67. The van der Waals surface area contributed by atoms with Crippen LogP contribution in [0.1, 0.15) is 48.9 Å². The molecule has 0 saturated heterocycles. The second-order valence-corrected chi connectivity index (χ2v) is 5.24. The van der Waals surface area contributed by atoms with Crippen LogP contribution in [0.3, 0.4) is 0 Å². The highest BCUT2D eigenvalue weighted by Gasteiger charge is 2.18. The van der Waals surface area contributed by atoms with E-state index in [4.69, 9.17) is 4.74 Å². The van der Waals surface area contributed by atoms with E-state index in [-0.39, 0.29) is 23.2 Å². The van der Waals surface area contributed by atoms with Gasteiger partial charge >= 0.3 is 5.97 Å². The monoisotopic (exact) mass is 288 g/mol. The van der Waals surface area contributed by atoms with Gasteiger partial charge in [0.15, 0.2) is 5.78 Å². The van der Waals surface area contributed by atoms with Crippen molar-refractivity contribution in [1.82, 2.24) is 0 Å². The molecule has 112 valence electrons. The molecule has 0 radical (unpaired) electrons. The number of ether oxygens (including phenoxy) is 1. The summed E-state index contributed by atoms with van der Waals surface area (Å²) in [6, 6.07) is 6.38. The maximum absolute atomic E-state index is 12.1. The van der Waals surface area contributed by atoms with E-state index in [1.165, 1.54) is 6.07 Å². The topological polar surface area (TPSA) is 63.6 Å². The summed E-state index contributed by atoms with van der Waals surface area (Å²) in [5.41, 5.74) is 0.195. The molecule has 21 heavy (non-hydrogen) atoms. The lowest BCUT2D eigenvalue weighted by Crippen LogP contribution is -2.19. The van der Waals surface area contributed by atoms with Crippen LogP contribution in [0.4, 0.5) is 0 Å². The lowest BCUT2D eigenvalue weighted by molar-refractivity contribution is -0.114. The first-order chi connectivity index (χ1) is 10.2. The van der Waals surface area contributed by atoms with Crippen molar-refractivity contribution >= 4 is 11.8 Å². The predicted molar refractivity (Wildman–Crippen MR) is 79.2 cm³/mol. The highest BCUT2D eigenvalue weighted by molar-refractivity contribution is 5.92. The highest BCUT2D eigenvalue weighted by Crippen LogP contribution is 2.21. The molecule has 1 aliphatic carbocycles. The standard InChI is InChI=1S/C17H20O4/c18-13-7-1-3-9-14(10-4-2-8-13)21-17(20)15-11-5-6-12-16(15)19/h1,5-7,11-12,14,19H,2-4,8-10H2/b7-1-. The summed E-state index contributed by atoms with van der Waals surface area (Å²) in [7, 11) is 0. The third kappa shape index (κ3) is 4.74. The molecule has 1 aromatic carbocycles. The Kier molecular flexibility index (Phi) is 5.55. The van der Waals surface area contributed by atoms with Crippen molar-refractivity contribution in [2.45, 2.75) is 44.6 Å². The van der Waals surface area contributed by atoms with Crippen LogP contribution in [0, 0.1) is 0 Å². The third-order valence-electron chi connectivity index (χ3n) is 3.56. The van der Waals surface area contributed by atoms with E-state index in [9.17, 15) is 14.7 Å². The van der Waals surface area contributed by atoms with Crippen molar-refractivity contribution in [2.75, 3.05) is 0 Å². The zero-order chi connectivity index (χ0) is 15.1. The van der Waals surface area contributed by atoms with Crippen LogP contribution < -0.4 is 0 Å². The first kappa shape index (κ1) is 15.3. The maximum Gasteiger partial charge on any atom is 0.342 e. The minimum Gasteiger partial charge on any atom is -0.507 e. The molecule has 0 spiro atoms. The molecule has 0 fully saturated rings. The van der Waals surface area contributed by atoms with Gasteiger partial charge < -0.3 is 9.84 Å². The van der Waals surface area contributed by atoms with Crippen LogP contribution in [-0.2, 0) is 9.53 Å². The molecule has 1 aromatic rings. The highest BCUT2D eigenvalue weighted by atomic mass is 16.5. The molecule has 0 aliphatic heterocycles. The van der Waals surface area contributed by atoms with Crippen LogP contribution >= 0.6 is 0 Å². The van der Waals surface area contributed by atoms with Gasteiger partial charge in [0.1, 0.15) is 17.4 Å². The number of ketones is 1. The Hall–Kier alpha value is -2.10. The summed E-state index contributed by atoms with van der Waals surface area (Å²) in [5.74, 6) is -0.386. The predicted octanol–water partition coefficient (Wildman–Crippen LogP) is 3.40. The molecule has 4 heteroatoms. The van der Waals surface area contributed by atoms with Crippen LogP contribution in [0.15, 0.2) is 36.4 Å². The fourth-order valence-corrected chi connectivity index (χ4v) is 2.37. The first-order valence-electron chi connectivity index (χ1n) is 7.35. The quantitative estimate of drug-likeness (QED) is 0.847. The minimum absolute atomic E-state index is 0.0622. The average Bonchev–Trinajstić information content (AvgIpc) is 2.48. The second kappa shape index (κ2) is 7.62. The average molecular weight is 288 g/mol. The Bertz CT molecular complexity index is 533. The van der Waals surface area contributed by atoms with Gasteiger partial charge in [-0.1, -0.05) is 18.2 Å². The first-order valence-corrected chi connectivity index (χ1v) is 7.35. The number of aromatic hydroxyl groups is 1. The molecule has 1 atom stereocenters. The number of phenols is 1. The normalized spacial score (nSPS) is 21.5.